The van der Waals surface area contributed by atoms with E-state index in [1.165, 1.54) is 0 Å². The van der Waals surface area contributed by atoms with E-state index in [2.05, 4.69) is 32.8 Å². The largest absolute Gasteiger partial charge is 0.416 e. The third kappa shape index (κ3) is 5.69. The Morgan fingerprint density at radius 1 is 0.882 bits per heavy atom. The number of aromatic nitrogens is 2. The summed E-state index contributed by atoms with van der Waals surface area (Å²) in [6, 6.07) is 18.5. The average Bonchev–Trinajstić information content (AvgIpc) is 2.81. The predicted molar refractivity (Wildman–Crippen MR) is 134 cm³/mol. The van der Waals surface area contributed by atoms with Crippen LogP contribution in [-0.2, 0) is 6.18 Å². The predicted octanol–water partition coefficient (Wildman–Crippen LogP) is 6.63. The first-order valence-corrected chi connectivity index (χ1v) is 11.3. The molecule has 4 aromatic rings. The maximum absolute atomic E-state index is 13.8. The molecule has 4 rings (SSSR count). The molecule has 0 amide bonds. The first-order chi connectivity index (χ1) is 16.2. The van der Waals surface area contributed by atoms with Crippen molar-refractivity contribution in [3.05, 3.63) is 72.3 Å². The van der Waals surface area contributed by atoms with Gasteiger partial charge in [-0.3, -0.25) is 0 Å². The highest BCUT2D eigenvalue weighted by molar-refractivity contribution is 7.80. The molecular formula is C26H25F3N4S. The molecule has 0 fully saturated rings. The Morgan fingerprint density at radius 3 is 2.32 bits per heavy atom. The zero-order chi connectivity index (χ0) is 24.3. The summed E-state index contributed by atoms with van der Waals surface area (Å²) in [4.78, 5) is 12.1. The molecule has 1 aromatic heterocycles. The van der Waals surface area contributed by atoms with Gasteiger partial charge < -0.3 is 10.2 Å². The van der Waals surface area contributed by atoms with Gasteiger partial charge in [0, 0.05) is 22.4 Å². The minimum atomic E-state index is -4.50. The van der Waals surface area contributed by atoms with Gasteiger partial charge in [0.05, 0.1) is 11.1 Å². The topological polar surface area (TPSA) is 41.0 Å². The van der Waals surface area contributed by atoms with Crippen LogP contribution in [0.25, 0.3) is 33.4 Å². The minimum Gasteiger partial charge on any atom is -0.369 e. The third-order valence-electron chi connectivity index (χ3n) is 5.38. The standard InChI is InChI=1S/C26H25F3N4S/c1-33(2)12-6-11-30-25-22-10-9-21(34)16-23(22)31-24(32-25)19-13-18(17-7-4-3-5-8-17)14-20(15-19)26(27,28)29/h3-5,7-10,13-16,34H,6,11-12H2,1-2H3,(H,30,31,32). The van der Waals surface area contributed by atoms with Gasteiger partial charge in [0.15, 0.2) is 5.82 Å². The molecule has 0 bridgehead atoms. The van der Waals surface area contributed by atoms with Crippen molar-refractivity contribution in [1.82, 2.24) is 14.9 Å². The van der Waals surface area contributed by atoms with E-state index in [1.807, 2.05) is 32.3 Å². The van der Waals surface area contributed by atoms with Gasteiger partial charge in [-0.25, -0.2) is 9.97 Å². The second-order valence-corrected chi connectivity index (χ2v) is 8.86. The molecular weight excluding hydrogens is 457 g/mol. The monoisotopic (exact) mass is 482 g/mol. The van der Waals surface area contributed by atoms with Gasteiger partial charge in [-0.2, -0.15) is 13.2 Å². The molecule has 0 spiro atoms. The summed E-state index contributed by atoms with van der Waals surface area (Å²) in [5.74, 6) is 0.815. The number of halogens is 3. The summed E-state index contributed by atoms with van der Waals surface area (Å²) in [7, 11) is 4.01. The van der Waals surface area contributed by atoms with Crippen LogP contribution < -0.4 is 5.32 Å². The number of hydrogen-bond acceptors (Lipinski definition) is 5. The maximum atomic E-state index is 13.8. The second-order valence-electron chi connectivity index (χ2n) is 8.34. The quantitative estimate of drug-likeness (QED) is 0.229. The first-order valence-electron chi connectivity index (χ1n) is 10.9. The Hall–Kier alpha value is -3.10. The maximum Gasteiger partial charge on any atom is 0.416 e. The fourth-order valence-electron chi connectivity index (χ4n) is 3.70. The van der Waals surface area contributed by atoms with Crippen LogP contribution in [0.5, 0.6) is 0 Å². The van der Waals surface area contributed by atoms with Gasteiger partial charge in [-0.15, -0.1) is 12.6 Å². The molecule has 0 atom stereocenters. The van der Waals surface area contributed by atoms with Crippen LogP contribution in [0.15, 0.2) is 71.6 Å². The van der Waals surface area contributed by atoms with Crippen LogP contribution in [0.4, 0.5) is 19.0 Å². The van der Waals surface area contributed by atoms with E-state index in [-0.39, 0.29) is 5.82 Å². The molecule has 1 N–H and O–H groups in total. The van der Waals surface area contributed by atoms with Gasteiger partial charge in [-0.1, -0.05) is 30.3 Å². The van der Waals surface area contributed by atoms with Crippen LogP contribution in [0.1, 0.15) is 12.0 Å². The van der Waals surface area contributed by atoms with Crippen molar-refractivity contribution >= 4 is 29.3 Å². The zero-order valence-corrected chi connectivity index (χ0v) is 19.8. The number of hydrogen-bond donors (Lipinski definition) is 2. The van der Waals surface area contributed by atoms with Crippen molar-refractivity contribution < 1.29 is 13.2 Å². The SMILES string of the molecule is CN(C)CCCNc1nc(-c2cc(-c3ccccc3)cc(C(F)(F)F)c2)nc2cc(S)ccc12. The van der Waals surface area contributed by atoms with Crippen molar-refractivity contribution in [2.45, 2.75) is 17.5 Å². The lowest BCUT2D eigenvalue weighted by atomic mass is 9.99. The Kier molecular flexibility index (Phi) is 7.09. The Bertz CT molecular complexity index is 1290. The van der Waals surface area contributed by atoms with Crippen LogP contribution in [0, 0.1) is 0 Å². The molecule has 0 saturated heterocycles. The summed E-state index contributed by atoms with van der Waals surface area (Å²) in [6.07, 6.45) is -3.61. The van der Waals surface area contributed by atoms with E-state index in [0.29, 0.717) is 39.5 Å². The summed E-state index contributed by atoms with van der Waals surface area (Å²) < 4.78 is 41.3. The van der Waals surface area contributed by atoms with E-state index >= 15 is 0 Å². The van der Waals surface area contributed by atoms with E-state index in [4.69, 9.17) is 0 Å². The molecule has 8 heteroatoms. The van der Waals surface area contributed by atoms with Gasteiger partial charge in [0.1, 0.15) is 5.82 Å². The lowest BCUT2D eigenvalue weighted by Gasteiger charge is -2.15. The molecule has 0 saturated carbocycles. The summed E-state index contributed by atoms with van der Waals surface area (Å²) in [5, 5.41) is 4.13. The van der Waals surface area contributed by atoms with Crippen LogP contribution in [0.2, 0.25) is 0 Å². The van der Waals surface area contributed by atoms with Crippen molar-refractivity contribution in [1.29, 1.82) is 0 Å². The number of rotatable bonds is 7. The van der Waals surface area contributed by atoms with E-state index in [0.717, 1.165) is 30.5 Å². The van der Waals surface area contributed by atoms with Crippen LogP contribution >= 0.6 is 12.6 Å². The van der Waals surface area contributed by atoms with Gasteiger partial charge >= 0.3 is 6.18 Å². The molecule has 4 nitrogen and oxygen atoms in total. The lowest BCUT2D eigenvalue weighted by Crippen LogP contribution is -2.17. The summed E-state index contributed by atoms with van der Waals surface area (Å²) in [6.45, 7) is 1.57. The van der Waals surface area contributed by atoms with Gasteiger partial charge in [0.25, 0.3) is 0 Å². The van der Waals surface area contributed by atoms with Crippen molar-refractivity contribution in [2.75, 3.05) is 32.5 Å². The minimum absolute atomic E-state index is 0.227. The third-order valence-corrected chi connectivity index (χ3v) is 5.66. The lowest BCUT2D eigenvalue weighted by molar-refractivity contribution is -0.137. The highest BCUT2D eigenvalue weighted by Crippen LogP contribution is 2.36. The number of benzene rings is 3. The summed E-state index contributed by atoms with van der Waals surface area (Å²) in [5.41, 5.74) is 1.33. The van der Waals surface area contributed by atoms with Crippen LogP contribution in [-0.4, -0.2) is 42.1 Å². The number of fused-ring (bicyclic) bond motifs is 1. The van der Waals surface area contributed by atoms with Crippen LogP contribution in [0.3, 0.4) is 0 Å². The molecule has 0 aliphatic heterocycles. The highest BCUT2D eigenvalue weighted by Gasteiger charge is 2.31. The fraction of sp³-hybridized carbons (Fsp3) is 0.231. The molecule has 34 heavy (non-hydrogen) atoms. The molecule has 1 heterocycles. The van der Waals surface area contributed by atoms with Crippen molar-refractivity contribution in [3.8, 4) is 22.5 Å². The summed E-state index contributed by atoms with van der Waals surface area (Å²) >= 11 is 4.41. The normalized spacial score (nSPS) is 11.9. The zero-order valence-electron chi connectivity index (χ0n) is 18.9. The smallest absolute Gasteiger partial charge is 0.369 e. The number of nitrogens with zero attached hydrogens (tertiary/aromatic N) is 3. The number of anilines is 1. The van der Waals surface area contributed by atoms with E-state index < -0.39 is 11.7 Å². The van der Waals surface area contributed by atoms with E-state index in [1.54, 1.807) is 36.4 Å². The van der Waals surface area contributed by atoms with Gasteiger partial charge in [0.2, 0.25) is 0 Å². The van der Waals surface area contributed by atoms with Gasteiger partial charge in [-0.05, 0) is 74.6 Å². The molecule has 176 valence electrons. The van der Waals surface area contributed by atoms with Crippen molar-refractivity contribution in [2.24, 2.45) is 0 Å². The molecule has 3 aromatic carbocycles. The Balaban J connectivity index is 1.83. The second kappa shape index (κ2) is 10.0. The number of nitrogens with one attached hydrogen (secondary N) is 1. The molecule has 0 unspecified atom stereocenters. The van der Waals surface area contributed by atoms with Crippen molar-refractivity contribution in [3.63, 3.8) is 0 Å². The Morgan fingerprint density at radius 2 is 1.62 bits per heavy atom. The Labute approximate surface area is 202 Å². The fourth-order valence-corrected chi connectivity index (χ4v) is 3.90. The average molecular weight is 483 g/mol. The molecule has 0 aliphatic rings. The molecule has 0 radical (unpaired) electrons. The molecule has 0 aliphatic carbocycles. The number of thiol groups is 1. The number of alkyl halides is 3. The van der Waals surface area contributed by atoms with E-state index in [9.17, 15) is 13.2 Å². The first kappa shape index (κ1) is 24.0. The highest BCUT2D eigenvalue weighted by atomic mass is 32.1.